The second kappa shape index (κ2) is 3.46. The molecular formula is C10H7BrN2O. The SMILES string of the molecule is CC(=O)c1ncnc2ccc(Br)cc12. The van der Waals surface area contributed by atoms with E-state index in [0.717, 1.165) is 15.4 Å². The number of carbonyl (C=O) groups is 1. The molecule has 3 nitrogen and oxygen atoms in total. The Balaban J connectivity index is 2.84. The molecule has 0 saturated heterocycles. The average Bonchev–Trinajstić information content (AvgIpc) is 2.16. The molecule has 0 atom stereocenters. The molecule has 0 fully saturated rings. The van der Waals surface area contributed by atoms with Crippen molar-refractivity contribution in [2.75, 3.05) is 0 Å². The van der Waals surface area contributed by atoms with Crippen LogP contribution < -0.4 is 0 Å². The van der Waals surface area contributed by atoms with E-state index >= 15 is 0 Å². The fraction of sp³-hybridized carbons (Fsp3) is 0.100. The third kappa shape index (κ3) is 1.53. The van der Waals surface area contributed by atoms with E-state index in [9.17, 15) is 4.79 Å². The zero-order chi connectivity index (χ0) is 10.1. The Labute approximate surface area is 89.3 Å². The average molecular weight is 251 g/mol. The van der Waals surface area contributed by atoms with Crippen molar-refractivity contribution in [2.24, 2.45) is 0 Å². The topological polar surface area (TPSA) is 42.9 Å². The number of fused-ring (bicyclic) bond motifs is 1. The van der Waals surface area contributed by atoms with Crippen LogP contribution in [0.15, 0.2) is 29.0 Å². The van der Waals surface area contributed by atoms with Crippen molar-refractivity contribution in [1.82, 2.24) is 9.97 Å². The van der Waals surface area contributed by atoms with Gasteiger partial charge in [-0.1, -0.05) is 15.9 Å². The van der Waals surface area contributed by atoms with Gasteiger partial charge in [-0.25, -0.2) is 9.97 Å². The number of Topliss-reactive ketones (excluding diaryl/α,β-unsaturated/α-hetero) is 1. The summed E-state index contributed by atoms with van der Waals surface area (Å²) >= 11 is 3.35. The summed E-state index contributed by atoms with van der Waals surface area (Å²) < 4.78 is 0.919. The van der Waals surface area contributed by atoms with E-state index in [4.69, 9.17) is 0 Å². The Morgan fingerprint density at radius 2 is 2.14 bits per heavy atom. The number of rotatable bonds is 1. The summed E-state index contributed by atoms with van der Waals surface area (Å²) in [5, 5.41) is 0.786. The van der Waals surface area contributed by atoms with Gasteiger partial charge >= 0.3 is 0 Å². The summed E-state index contributed by atoms with van der Waals surface area (Å²) in [5.74, 6) is -0.0458. The molecular weight excluding hydrogens is 244 g/mol. The fourth-order valence-corrected chi connectivity index (χ4v) is 1.67. The van der Waals surface area contributed by atoms with Gasteiger partial charge in [0, 0.05) is 16.8 Å². The minimum Gasteiger partial charge on any atom is -0.293 e. The molecule has 0 amide bonds. The molecule has 0 radical (unpaired) electrons. The molecule has 0 spiro atoms. The second-order valence-corrected chi connectivity index (χ2v) is 3.86. The molecule has 1 aromatic heterocycles. The minimum absolute atomic E-state index is 0.0458. The Morgan fingerprint density at radius 1 is 1.36 bits per heavy atom. The molecule has 0 aliphatic carbocycles. The fourth-order valence-electron chi connectivity index (χ4n) is 1.31. The van der Waals surface area contributed by atoms with Crippen LogP contribution in [0.3, 0.4) is 0 Å². The van der Waals surface area contributed by atoms with Gasteiger partial charge < -0.3 is 0 Å². The highest BCUT2D eigenvalue weighted by Crippen LogP contribution is 2.20. The van der Waals surface area contributed by atoms with Crippen LogP contribution in [0.4, 0.5) is 0 Å². The van der Waals surface area contributed by atoms with Crippen LogP contribution >= 0.6 is 15.9 Å². The maximum Gasteiger partial charge on any atom is 0.178 e. The molecule has 0 N–H and O–H groups in total. The van der Waals surface area contributed by atoms with Gasteiger partial charge in [0.1, 0.15) is 12.0 Å². The van der Waals surface area contributed by atoms with E-state index in [1.54, 1.807) is 0 Å². The lowest BCUT2D eigenvalue weighted by Crippen LogP contribution is -1.98. The maximum atomic E-state index is 11.3. The first-order valence-electron chi connectivity index (χ1n) is 4.09. The molecule has 14 heavy (non-hydrogen) atoms. The first-order valence-corrected chi connectivity index (χ1v) is 4.89. The summed E-state index contributed by atoms with van der Waals surface area (Å²) in [6.45, 7) is 1.50. The predicted octanol–water partition coefficient (Wildman–Crippen LogP) is 2.59. The van der Waals surface area contributed by atoms with Gasteiger partial charge in [0.05, 0.1) is 5.52 Å². The molecule has 2 rings (SSSR count). The molecule has 0 unspecified atom stereocenters. The maximum absolute atomic E-state index is 11.3. The number of benzene rings is 1. The Kier molecular flexibility index (Phi) is 2.29. The molecule has 0 aliphatic heterocycles. The van der Waals surface area contributed by atoms with Crippen molar-refractivity contribution < 1.29 is 4.79 Å². The molecule has 0 bridgehead atoms. The number of nitrogens with zero attached hydrogens (tertiary/aromatic N) is 2. The number of hydrogen-bond acceptors (Lipinski definition) is 3. The van der Waals surface area contributed by atoms with E-state index in [0.29, 0.717) is 5.69 Å². The Bertz CT molecular complexity index is 510. The Morgan fingerprint density at radius 3 is 2.86 bits per heavy atom. The summed E-state index contributed by atoms with van der Waals surface area (Å²) in [6, 6.07) is 5.60. The third-order valence-electron chi connectivity index (χ3n) is 1.93. The van der Waals surface area contributed by atoms with E-state index in [-0.39, 0.29) is 5.78 Å². The zero-order valence-corrected chi connectivity index (χ0v) is 9.08. The lowest BCUT2D eigenvalue weighted by Gasteiger charge is -2.01. The van der Waals surface area contributed by atoms with Crippen molar-refractivity contribution in [1.29, 1.82) is 0 Å². The van der Waals surface area contributed by atoms with Gasteiger partial charge in [-0.2, -0.15) is 0 Å². The minimum atomic E-state index is -0.0458. The van der Waals surface area contributed by atoms with E-state index in [1.165, 1.54) is 13.3 Å². The molecule has 1 aromatic carbocycles. The van der Waals surface area contributed by atoms with Gasteiger partial charge in [-0.05, 0) is 18.2 Å². The summed E-state index contributed by atoms with van der Waals surface area (Å²) in [4.78, 5) is 19.3. The van der Waals surface area contributed by atoms with Crippen molar-refractivity contribution in [3.8, 4) is 0 Å². The standard InChI is InChI=1S/C10H7BrN2O/c1-6(14)10-8-4-7(11)2-3-9(8)12-5-13-10/h2-5H,1H3. The van der Waals surface area contributed by atoms with Gasteiger partial charge in [0.25, 0.3) is 0 Å². The van der Waals surface area contributed by atoms with E-state index in [1.807, 2.05) is 18.2 Å². The monoisotopic (exact) mass is 250 g/mol. The molecule has 0 aliphatic rings. The highest BCUT2D eigenvalue weighted by Gasteiger charge is 2.07. The highest BCUT2D eigenvalue weighted by molar-refractivity contribution is 9.10. The zero-order valence-electron chi connectivity index (χ0n) is 7.49. The van der Waals surface area contributed by atoms with Gasteiger partial charge in [0.2, 0.25) is 0 Å². The van der Waals surface area contributed by atoms with Crippen molar-refractivity contribution >= 4 is 32.6 Å². The first kappa shape index (κ1) is 9.27. The van der Waals surface area contributed by atoms with Crippen LogP contribution in [0.2, 0.25) is 0 Å². The van der Waals surface area contributed by atoms with Crippen LogP contribution in [0.5, 0.6) is 0 Å². The van der Waals surface area contributed by atoms with Crippen molar-refractivity contribution in [2.45, 2.75) is 6.92 Å². The number of halogens is 1. The lowest BCUT2D eigenvalue weighted by molar-refractivity contribution is 0.101. The number of aromatic nitrogens is 2. The smallest absolute Gasteiger partial charge is 0.178 e. The van der Waals surface area contributed by atoms with Crippen molar-refractivity contribution in [3.63, 3.8) is 0 Å². The van der Waals surface area contributed by atoms with E-state index < -0.39 is 0 Å². The van der Waals surface area contributed by atoms with Crippen molar-refractivity contribution in [3.05, 3.63) is 34.7 Å². The van der Waals surface area contributed by atoms with Crippen LogP contribution in [-0.2, 0) is 0 Å². The van der Waals surface area contributed by atoms with Gasteiger partial charge in [0.15, 0.2) is 5.78 Å². The van der Waals surface area contributed by atoms with Crippen LogP contribution in [0.25, 0.3) is 10.9 Å². The van der Waals surface area contributed by atoms with Crippen LogP contribution in [0.1, 0.15) is 17.4 Å². The molecule has 4 heteroatoms. The second-order valence-electron chi connectivity index (χ2n) is 2.94. The third-order valence-corrected chi connectivity index (χ3v) is 2.42. The first-order chi connectivity index (χ1) is 6.68. The van der Waals surface area contributed by atoms with Gasteiger partial charge in [-0.3, -0.25) is 4.79 Å². The van der Waals surface area contributed by atoms with E-state index in [2.05, 4.69) is 25.9 Å². The quantitative estimate of drug-likeness (QED) is 0.731. The molecule has 1 heterocycles. The highest BCUT2D eigenvalue weighted by atomic mass is 79.9. The molecule has 2 aromatic rings. The number of carbonyl (C=O) groups excluding carboxylic acids is 1. The largest absolute Gasteiger partial charge is 0.293 e. The normalized spacial score (nSPS) is 10.4. The Hall–Kier alpha value is -1.29. The summed E-state index contributed by atoms with van der Waals surface area (Å²) in [6.07, 6.45) is 1.41. The number of ketones is 1. The van der Waals surface area contributed by atoms with Crippen LogP contribution in [-0.4, -0.2) is 15.8 Å². The molecule has 70 valence electrons. The predicted molar refractivity (Wildman–Crippen MR) is 57.2 cm³/mol. The lowest BCUT2D eigenvalue weighted by atomic mass is 10.1. The summed E-state index contributed by atoms with van der Waals surface area (Å²) in [5.41, 5.74) is 1.25. The number of hydrogen-bond donors (Lipinski definition) is 0. The summed E-state index contributed by atoms with van der Waals surface area (Å²) in [7, 11) is 0. The molecule has 0 saturated carbocycles. The van der Waals surface area contributed by atoms with Gasteiger partial charge in [-0.15, -0.1) is 0 Å². The van der Waals surface area contributed by atoms with Crippen LogP contribution in [0, 0.1) is 0 Å².